The van der Waals surface area contributed by atoms with Crippen molar-refractivity contribution >= 4 is 11.8 Å². The van der Waals surface area contributed by atoms with Crippen molar-refractivity contribution in [3.63, 3.8) is 0 Å². The van der Waals surface area contributed by atoms with Crippen molar-refractivity contribution in [1.82, 2.24) is 24.5 Å². The summed E-state index contributed by atoms with van der Waals surface area (Å²) in [6.45, 7) is 5.79. The van der Waals surface area contributed by atoms with Crippen LogP contribution >= 0.6 is 0 Å². The molecule has 0 aromatic carbocycles. The molecule has 1 saturated heterocycles. The first-order valence-corrected chi connectivity index (χ1v) is 9.29. The average molecular weight is 363 g/mol. The topological polar surface area (TPSA) is 81.9 Å². The van der Waals surface area contributed by atoms with E-state index < -0.39 is 6.10 Å². The maximum Gasteiger partial charge on any atom is 0.225 e. The van der Waals surface area contributed by atoms with Crippen LogP contribution in [-0.2, 0) is 22.7 Å². The van der Waals surface area contributed by atoms with E-state index in [0.717, 1.165) is 51.3 Å². The van der Waals surface area contributed by atoms with E-state index in [9.17, 15) is 14.7 Å². The van der Waals surface area contributed by atoms with E-state index >= 15 is 0 Å². The Morgan fingerprint density at radius 2 is 1.96 bits per heavy atom. The second kappa shape index (κ2) is 7.75. The van der Waals surface area contributed by atoms with E-state index in [0.29, 0.717) is 11.7 Å². The van der Waals surface area contributed by atoms with Crippen molar-refractivity contribution in [2.24, 2.45) is 0 Å². The van der Waals surface area contributed by atoms with Gasteiger partial charge in [0, 0.05) is 53.2 Å². The minimum absolute atomic E-state index is 0.0523. The summed E-state index contributed by atoms with van der Waals surface area (Å²) < 4.78 is 1.94. The minimum atomic E-state index is -0.866. The highest BCUT2D eigenvalue weighted by atomic mass is 16.3. The Balaban J connectivity index is 1.60. The van der Waals surface area contributed by atoms with Gasteiger partial charge in [-0.05, 0) is 18.9 Å². The van der Waals surface area contributed by atoms with Crippen molar-refractivity contribution in [2.45, 2.75) is 51.4 Å². The van der Waals surface area contributed by atoms with E-state index in [-0.39, 0.29) is 18.2 Å². The molecule has 1 fully saturated rings. The Kier molecular flexibility index (Phi) is 5.62. The number of aromatic nitrogens is 2. The lowest BCUT2D eigenvalue weighted by molar-refractivity contribution is -0.131. The highest BCUT2D eigenvalue weighted by Gasteiger charge is 2.29. The number of rotatable bonds is 4. The molecule has 8 nitrogen and oxygen atoms in total. The normalized spacial score (nSPS) is 19.9. The summed E-state index contributed by atoms with van der Waals surface area (Å²) in [5.74, 6) is 0.0494. The number of aliphatic hydroxyl groups is 1. The van der Waals surface area contributed by atoms with Crippen molar-refractivity contribution < 1.29 is 14.7 Å². The SMILES string of the molecule is CC(=O)N1CCC(N2CCn3nc([C@H](O)CC(=O)N(C)C)cc3C2)CC1. The molecule has 1 aromatic heterocycles. The molecule has 1 aromatic rings. The molecule has 0 spiro atoms. The quantitative estimate of drug-likeness (QED) is 0.828. The van der Waals surface area contributed by atoms with E-state index in [1.807, 2.05) is 15.6 Å². The van der Waals surface area contributed by atoms with Gasteiger partial charge in [0.05, 0.1) is 24.4 Å². The smallest absolute Gasteiger partial charge is 0.225 e. The fraction of sp³-hybridized carbons (Fsp3) is 0.722. The zero-order chi connectivity index (χ0) is 18.8. The maximum absolute atomic E-state index is 11.8. The molecule has 2 aliphatic rings. The van der Waals surface area contributed by atoms with Crippen molar-refractivity contribution in [1.29, 1.82) is 0 Å². The van der Waals surface area contributed by atoms with Crippen LogP contribution in [0.25, 0.3) is 0 Å². The number of aliphatic hydroxyl groups excluding tert-OH is 1. The molecule has 0 aliphatic carbocycles. The summed E-state index contributed by atoms with van der Waals surface area (Å²) >= 11 is 0. The van der Waals surface area contributed by atoms with Gasteiger partial charge in [-0.15, -0.1) is 0 Å². The summed E-state index contributed by atoms with van der Waals surface area (Å²) in [5.41, 5.74) is 1.65. The fourth-order valence-corrected chi connectivity index (χ4v) is 3.78. The summed E-state index contributed by atoms with van der Waals surface area (Å²) in [6.07, 6.45) is 1.19. The zero-order valence-corrected chi connectivity index (χ0v) is 15.9. The Morgan fingerprint density at radius 3 is 2.58 bits per heavy atom. The van der Waals surface area contributed by atoms with Crippen LogP contribution in [0.5, 0.6) is 0 Å². The number of hydrogen-bond donors (Lipinski definition) is 1. The average Bonchev–Trinajstić information content (AvgIpc) is 3.05. The Hall–Kier alpha value is -1.93. The van der Waals surface area contributed by atoms with E-state index in [2.05, 4.69) is 10.00 Å². The van der Waals surface area contributed by atoms with Gasteiger partial charge in [-0.3, -0.25) is 19.2 Å². The highest BCUT2D eigenvalue weighted by molar-refractivity contribution is 5.76. The lowest BCUT2D eigenvalue weighted by Gasteiger charge is -2.40. The number of carbonyl (C=O) groups is 2. The third kappa shape index (κ3) is 4.07. The lowest BCUT2D eigenvalue weighted by Crippen LogP contribution is -2.48. The van der Waals surface area contributed by atoms with Crippen LogP contribution in [0.2, 0.25) is 0 Å². The van der Waals surface area contributed by atoms with Gasteiger partial charge in [0.25, 0.3) is 0 Å². The highest BCUT2D eigenvalue weighted by Crippen LogP contribution is 2.25. The predicted octanol–water partition coefficient (Wildman–Crippen LogP) is 0.221. The molecule has 8 heteroatoms. The largest absolute Gasteiger partial charge is 0.386 e. The molecule has 0 saturated carbocycles. The van der Waals surface area contributed by atoms with Crippen molar-refractivity contribution in [3.8, 4) is 0 Å². The number of carbonyl (C=O) groups excluding carboxylic acids is 2. The standard InChI is InChI=1S/C18H29N5O3/c1-13(24)21-6-4-14(5-7-21)22-8-9-23-15(12-22)10-16(19-23)17(25)11-18(26)20(2)3/h10,14,17,25H,4-9,11-12H2,1-3H3/t17-/m1/s1. The van der Waals surface area contributed by atoms with Crippen LogP contribution in [0.1, 0.15) is 43.7 Å². The molecule has 3 rings (SSSR count). The molecule has 1 atom stereocenters. The molecule has 2 amide bonds. The predicted molar refractivity (Wildman–Crippen MR) is 96.2 cm³/mol. The van der Waals surface area contributed by atoms with E-state index in [1.54, 1.807) is 21.0 Å². The second-order valence-corrected chi connectivity index (χ2v) is 7.50. The van der Waals surface area contributed by atoms with Gasteiger partial charge in [0.15, 0.2) is 0 Å². The van der Waals surface area contributed by atoms with Gasteiger partial charge in [0.2, 0.25) is 11.8 Å². The summed E-state index contributed by atoms with van der Waals surface area (Å²) in [5, 5.41) is 14.8. The third-order valence-electron chi connectivity index (χ3n) is 5.48. The Morgan fingerprint density at radius 1 is 1.27 bits per heavy atom. The molecule has 3 heterocycles. The summed E-state index contributed by atoms with van der Waals surface area (Å²) in [4.78, 5) is 29.1. The number of piperidine rings is 1. The molecule has 144 valence electrons. The first-order chi connectivity index (χ1) is 12.3. The van der Waals surface area contributed by atoms with Gasteiger partial charge in [-0.25, -0.2) is 0 Å². The van der Waals surface area contributed by atoms with E-state index in [1.165, 1.54) is 4.90 Å². The summed E-state index contributed by atoms with van der Waals surface area (Å²) in [6, 6.07) is 2.41. The lowest BCUT2D eigenvalue weighted by atomic mass is 10.0. The molecule has 0 radical (unpaired) electrons. The summed E-state index contributed by atoms with van der Waals surface area (Å²) in [7, 11) is 3.37. The first kappa shape index (κ1) is 18.8. The molecule has 0 unspecified atom stereocenters. The Bertz CT molecular complexity index is 664. The number of nitrogens with zero attached hydrogens (tertiary/aromatic N) is 5. The van der Waals surface area contributed by atoms with Crippen LogP contribution in [0, 0.1) is 0 Å². The monoisotopic (exact) mass is 363 g/mol. The van der Waals surface area contributed by atoms with Crippen molar-refractivity contribution in [2.75, 3.05) is 33.7 Å². The van der Waals surface area contributed by atoms with Crippen LogP contribution in [-0.4, -0.2) is 81.2 Å². The maximum atomic E-state index is 11.8. The van der Waals surface area contributed by atoms with Crippen LogP contribution < -0.4 is 0 Å². The number of fused-ring (bicyclic) bond motifs is 1. The van der Waals surface area contributed by atoms with Crippen LogP contribution in [0.4, 0.5) is 0 Å². The van der Waals surface area contributed by atoms with Gasteiger partial charge in [0.1, 0.15) is 6.10 Å². The van der Waals surface area contributed by atoms with E-state index in [4.69, 9.17) is 0 Å². The molecule has 0 bridgehead atoms. The Labute approximate surface area is 154 Å². The first-order valence-electron chi connectivity index (χ1n) is 9.29. The van der Waals surface area contributed by atoms with Gasteiger partial charge in [-0.1, -0.05) is 0 Å². The van der Waals surface area contributed by atoms with Crippen molar-refractivity contribution in [3.05, 3.63) is 17.5 Å². The number of likely N-dealkylation sites (tertiary alicyclic amines) is 1. The number of hydrogen-bond acceptors (Lipinski definition) is 5. The van der Waals surface area contributed by atoms with Gasteiger partial charge < -0.3 is 14.9 Å². The molecule has 2 aliphatic heterocycles. The molecule has 26 heavy (non-hydrogen) atoms. The molecular weight excluding hydrogens is 334 g/mol. The number of amides is 2. The minimum Gasteiger partial charge on any atom is -0.386 e. The van der Waals surface area contributed by atoms with Crippen LogP contribution in [0.3, 0.4) is 0 Å². The fourth-order valence-electron chi connectivity index (χ4n) is 3.78. The zero-order valence-electron chi connectivity index (χ0n) is 15.9. The molecule has 1 N–H and O–H groups in total. The van der Waals surface area contributed by atoms with Gasteiger partial charge in [-0.2, -0.15) is 5.10 Å². The third-order valence-corrected chi connectivity index (χ3v) is 5.48. The second-order valence-electron chi connectivity index (χ2n) is 7.50. The van der Waals surface area contributed by atoms with Crippen LogP contribution in [0.15, 0.2) is 6.07 Å². The van der Waals surface area contributed by atoms with Gasteiger partial charge >= 0.3 is 0 Å². The molecular formula is C18H29N5O3.